The molecule has 0 radical (unpaired) electrons. The fourth-order valence-electron chi connectivity index (χ4n) is 3.54. The van der Waals surface area contributed by atoms with Crippen LogP contribution in [-0.4, -0.2) is 26.7 Å². The Kier molecular flexibility index (Phi) is 7.76. The SMILES string of the molecule is CS(=O)(=O)c1ccccc1-c1ccc(NC(=O)N(NC(=O)Nc2ccc(Cl)cc2)c2ccccc2)cc1. The van der Waals surface area contributed by atoms with E-state index in [1.807, 2.05) is 0 Å². The second-order valence-electron chi connectivity index (χ2n) is 8.02. The minimum Gasteiger partial charge on any atom is -0.307 e. The molecule has 0 bridgehead atoms. The van der Waals surface area contributed by atoms with Gasteiger partial charge in [-0.15, -0.1) is 0 Å². The molecule has 8 nitrogen and oxygen atoms in total. The molecule has 188 valence electrons. The van der Waals surface area contributed by atoms with Crippen LogP contribution < -0.4 is 21.1 Å². The van der Waals surface area contributed by atoms with Crippen molar-refractivity contribution in [2.24, 2.45) is 0 Å². The smallest absolute Gasteiger partial charge is 0.307 e. The monoisotopic (exact) mass is 534 g/mol. The summed E-state index contributed by atoms with van der Waals surface area (Å²) in [6.45, 7) is 0. The van der Waals surface area contributed by atoms with Crippen molar-refractivity contribution >= 4 is 50.6 Å². The van der Waals surface area contributed by atoms with E-state index >= 15 is 0 Å². The molecule has 0 aliphatic rings. The second-order valence-corrected chi connectivity index (χ2v) is 10.4. The lowest BCUT2D eigenvalue weighted by Crippen LogP contribution is -2.50. The molecule has 0 unspecified atom stereocenters. The quantitative estimate of drug-likeness (QED) is 0.265. The van der Waals surface area contributed by atoms with Gasteiger partial charge >= 0.3 is 12.1 Å². The minimum atomic E-state index is -3.42. The Morgan fingerprint density at radius 1 is 0.730 bits per heavy atom. The average Bonchev–Trinajstić information content (AvgIpc) is 2.89. The molecule has 37 heavy (non-hydrogen) atoms. The number of hydrogen-bond donors (Lipinski definition) is 3. The lowest BCUT2D eigenvalue weighted by Gasteiger charge is -2.24. The molecule has 0 saturated carbocycles. The number of hydrogen-bond acceptors (Lipinski definition) is 4. The number of rotatable bonds is 5. The topological polar surface area (TPSA) is 108 Å². The summed E-state index contributed by atoms with van der Waals surface area (Å²) in [7, 11) is -3.42. The molecule has 3 N–H and O–H groups in total. The highest BCUT2D eigenvalue weighted by atomic mass is 35.5. The summed E-state index contributed by atoms with van der Waals surface area (Å²) in [5, 5.41) is 7.01. The first-order valence-corrected chi connectivity index (χ1v) is 13.4. The van der Waals surface area contributed by atoms with Crippen LogP contribution in [0, 0.1) is 0 Å². The third kappa shape index (κ3) is 6.66. The number of urea groups is 2. The molecule has 0 saturated heterocycles. The number of carbonyl (C=O) groups excluding carboxylic acids is 2. The van der Waals surface area contributed by atoms with Gasteiger partial charge in [0.15, 0.2) is 9.84 Å². The summed E-state index contributed by atoms with van der Waals surface area (Å²) >= 11 is 5.89. The van der Waals surface area contributed by atoms with Gasteiger partial charge in [-0.05, 0) is 60.2 Å². The standard InChI is InChI=1S/C27H23ClN4O4S/c1-37(35,36)25-10-6-5-9-24(25)19-11-15-22(16-12-19)30-27(34)32(23-7-3-2-4-8-23)31-26(33)29-21-17-13-20(28)14-18-21/h2-18H,1H3,(H,30,34)(H2,29,31,33). The average molecular weight is 535 g/mol. The number of sulfone groups is 1. The Bertz CT molecular complexity index is 1510. The van der Waals surface area contributed by atoms with E-state index in [0.29, 0.717) is 33.2 Å². The molecule has 4 rings (SSSR count). The number of hydrazine groups is 1. The molecule has 0 aliphatic carbocycles. The predicted molar refractivity (Wildman–Crippen MR) is 147 cm³/mol. The van der Waals surface area contributed by atoms with Gasteiger partial charge in [0.2, 0.25) is 0 Å². The Labute approximate surface area is 219 Å². The number of para-hydroxylation sites is 1. The van der Waals surface area contributed by atoms with Crippen molar-refractivity contribution in [3.8, 4) is 11.1 Å². The first-order valence-electron chi connectivity index (χ1n) is 11.1. The number of halogens is 1. The lowest BCUT2D eigenvalue weighted by molar-refractivity contribution is 0.243. The lowest BCUT2D eigenvalue weighted by atomic mass is 10.1. The van der Waals surface area contributed by atoms with Crippen LogP contribution in [0.1, 0.15) is 0 Å². The number of benzene rings is 4. The van der Waals surface area contributed by atoms with Crippen molar-refractivity contribution in [3.05, 3.63) is 108 Å². The van der Waals surface area contributed by atoms with Crippen LogP contribution in [0.25, 0.3) is 11.1 Å². The van der Waals surface area contributed by atoms with Gasteiger partial charge < -0.3 is 10.6 Å². The number of nitrogens with zero attached hydrogens (tertiary/aromatic N) is 1. The van der Waals surface area contributed by atoms with Crippen molar-refractivity contribution in [2.75, 3.05) is 21.9 Å². The highest BCUT2D eigenvalue weighted by Crippen LogP contribution is 2.28. The molecule has 4 amide bonds. The van der Waals surface area contributed by atoms with E-state index in [2.05, 4.69) is 16.1 Å². The van der Waals surface area contributed by atoms with Gasteiger partial charge in [-0.2, -0.15) is 0 Å². The molecule has 0 spiro atoms. The highest BCUT2D eigenvalue weighted by Gasteiger charge is 2.19. The van der Waals surface area contributed by atoms with E-state index in [0.717, 1.165) is 11.3 Å². The van der Waals surface area contributed by atoms with Gasteiger partial charge in [0.25, 0.3) is 0 Å². The Hall–Kier alpha value is -4.34. The molecule has 4 aromatic carbocycles. The first kappa shape index (κ1) is 25.7. The Balaban J connectivity index is 1.52. The van der Waals surface area contributed by atoms with E-state index in [1.54, 1.807) is 103 Å². The summed E-state index contributed by atoms with van der Waals surface area (Å²) < 4.78 is 24.3. The largest absolute Gasteiger partial charge is 0.345 e. The Morgan fingerprint density at radius 2 is 1.30 bits per heavy atom. The van der Waals surface area contributed by atoms with Crippen LogP contribution in [0.3, 0.4) is 0 Å². The van der Waals surface area contributed by atoms with Crippen molar-refractivity contribution in [3.63, 3.8) is 0 Å². The van der Waals surface area contributed by atoms with Gasteiger partial charge in [-0.1, -0.05) is 60.1 Å². The van der Waals surface area contributed by atoms with Crippen LogP contribution in [0.4, 0.5) is 26.7 Å². The van der Waals surface area contributed by atoms with Gasteiger partial charge in [-0.3, -0.25) is 0 Å². The number of anilines is 3. The van der Waals surface area contributed by atoms with Crippen molar-refractivity contribution in [1.29, 1.82) is 0 Å². The summed E-state index contributed by atoms with van der Waals surface area (Å²) in [4.78, 5) is 26.0. The molecule has 0 heterocycles. The molecule has 0 fully saturated rings. The second kappa shape index (κ2) is 11.2. The maximum Gasteiger partial charge on any atom is 0.345 e. The summed E-state index contributed by atoms with van der Waals surface area (Å²) in [5.74, 6) is 0. The van der Waals surface area contributed by atoms with Crippen molar-refractivity contribution in [1.82, 2.24) is 5.43 Å². The third-order valence-corrected chi connectivity index (χ3v) is 6.67. The molecule has 4 aromatic rings. The molecular weight excluding hydrogens is 512 g/mol. The van der Waals surface area contributed by atoms with Crippen LogP contribution in [-0.2, 0) is 9.84 Å². The van der Waals surface area contributed by atoms with Gasteiger partial charge in [-0.25, -0.2) is 28.4 Å². The van der Waals surface area contributed by atoms with E-state index in [-0.39, 0.29) is 4.90 Å². The molecule has 0 atom stereocenters. The molecule has 0 aliphatic heterocycles. The van der Waals surface area contributed by atoms with E-state index in [9.17, 15) is 18.0 Å². The fraction of sp³-hybridized carbons (Fsp3) is 0.0370. The summed E-state index contributed by atoms with van der Waals surface area (Å²) in [5.41, 5.74) is 5.18. The number of carbonyl (C=O) groups is 2. The van der Waals surface area contributed by atoms with Crippen molar-refractivity contribution < 1.29 is 18.0 Å². The fourth-order valence-corrected chi connectivity index (χ4v) is 4.58. The van der Waals surface area contributed by atoms with E-state index in [1.165, 1.54) is 0 Å². The molecule has 0 aromatic heterocycles. The van der Waals surface area contributed by atoms with Gasteiger partial charge in [0.1, 0.15) is 0 Å². The summed E-state index contributed by atoms with van der Waals surface area (Å²) in [6, 6.07) is 27.4. The Morgan fingerprint density at radius 3 is 1.95 bits per heavy atom. The first-order chi connectivity index (χ1) is 17.7. The van der Waals surface area contributed by atoms with Gasteiger partial charge in [0.05, 0.1) is 10.6 Å². The zero-order chi connectivity index (χ0) is 26.4. The predicted octanol–water partition coefficient (Wildman–Crippen LogP) is 6.19. The maximum atomic E-state index is 13.2. The maximum absolute atomic E-state index is 13.2. The minimum absolute atomic E-state index is 0.220. The van der Waals surface area contributed by atoms with Crippen LogP contribution in [0.15, 0.2) is 108 Å². The zero-order valence-corrected chi connectivity index (χ0v) is 21.3. The number of nitrogens with one attached hydrogen (secondary N) is 3. The summed E-state index contributed by atoms with van der Waals surface area (Å²) in [6.07, 6.45) is 1.16. The van der Waals surface area contributed by atoms with Crippen LogP contribution in [0.5, 0.6) is 0 Å². The zero-order valence-electron chi connectivity index (χ0n) is 19.7. The normalized spacial score (nSPS) is 10.9. The van der Waals surface area contributed by atoms with E-state index in [4.69, 9.17) is 11.6 Å². The van der Waals surface area contributed by atoms with Crippen LogP contribution >= 0.6 is 11.6 Å². The molecular formula is C27H23ClN4O4S. The van der Waals surface area contributed by atoms with Crippen molar-refractivity contribution in [2.45, 2.75) is 4.90 Å². The van der Waals surface area contributed by atoms with E-state index < -0.39 is 21.9 Å². The third-order valence-electron chi connectivity index (χ3n) is 5.27. The van der Waals surface area contributed by atoms with Gasteiger partial charge in [0, 0.05) is 28.2 Å². The molecule has 10 heteroatoms. The highest BCUT2D eigenvalue weighted by molar-refractivity contribution is 7.90. The van der Waals surface area contributed by atoms with Crippen LogP contribution in [0.2, 0.25) is 5.02 Å². The number of amides is 4.